The first-order valence-electron chi connectivity index (χ1n) is 7.24. The SMILES string of the molecule is CN(CC(=O)O)CC1CN(C(=O)c2ccc(F)c(F)c2F)CCO1. The molecule has 0 radical (unpaired) electrons. The van der Waals surface area contributed by atoms with Crippen molar-refractivity contribution in [3.8, 4) is 0 Å². The summed E-state index contributed by atoms with van der Waals surface area (Å²) in [6, 6.07) is 1.60. The van der Waals surface area contributed by atoms with Crippen LogP contribution < -0.4 is 0 Å². The van der Waals surface area contributed by atoms with E-state index in [0.29, 0.717) is 6.07 Å². The molecule has 1 fully saturated rings. The van der Waals surface area contributed by atoms with Gasteiger partial charge in [0.2, 0.25) is 0 Å². The molecule has 1 N–H and O–H groups in total. The topological polar surface area (TPSA) is 70.1 Å². The van der Waals surface area contributed by atoms with Crippen molar-refractivity contribution < 1.29 is 32.6 Å². The molecule has 1 aliphatic heterocycles. The van der Waals surface area contributed by atoms with Crippen LogP contribution in [-0.2, 0) is 9.53 Å². The quantitative estimate of drug-likeness (QED) is 0.805. The summed E-state index contributed by atoms with van der Waals surface area (Å²) in [6.45, 7) is 0.530. The number of ether oxygens (including phenoxy) is 1. The van der Waals surface area contributed by atoms with Gasteiger partial charge in [-0.25, -0.2) is 13.2 Å². The summed E-state index contributed by atoms with van der Waals surface area (Å²) in [5.74, 6) is -6.33. The number of carbonyl (C=O) groups is 2. The molecule has 1 saturated heterocycles. The number of amides is 1. The highest BCUT2D eigenvalue weighted by Crippen LogP contribution is 2.18. The van der Waals surface area contributed by atoms with Crippen LogP contribution in [0.15, 0.2) is 12.1 Å². The summed E-state index contributed by atoms with van der Waals surface area (Å²) < 4.78 is 45.5. The van der Waals surface area contributed by atoms with Gasteiger partial charge in [0, 0.05) is 19.6 Å². The Kier molecular flexibility index (Phi) is 5.79. The molecule has 2 rings (SSSR count). The molecule has 1 unspecified atom stereocenters. The first kappa shape index (κ1) is 18.2. The van der Waals surface area contributed by atoms with Gasteiger partial charge in [-0.3, -0.25) is 14.5 Å². The van der Waals surface area contributed by atoms with Gasteiger partial charge in [0.25, 0.3) is 5.91 Å². The zero-order valence-corrected chi connectivity index (χ0v) is 13.0. The zero-order chi connectivity index (χ0) is 17.9. The van der Waals surface area contributed by atoms with Gasteiger partial charge in [-0.1, -0.05) is 0 Å². The molecule has 0 aliphatic carbocycles. The number of hydrogen-bond acceptors (Lipinski definition) is 4. The number of hydrogen-bond donors (Lipinski definition) is 1. The maximum atomic E-state index is 13.8. The fourth-order valence-electron chi connectivity index (χ4n) is 2.52. The predicted octanol–water partition coefficient (Wildman–Crippen LogP) is 0.961. The van der Waals surface area contributed by atoms with Crippen LogP contribution >= 0.6 is 0 Å². The van der Waals surface area contributed by atoms with Gasteiger partial charge in [-0.2, -0.15) is 0 Å². The normalized spacial score (nSPS) is 18.0. The summed E-state index contributed by atoms with van der Waals surface area (Å²) in [4.78, 5) is 25.8. The Morgan fingerprint density at radius 3 is 2.71 bits per heavy atom. The number of carboxylic acids is 1. The Labute approximate surface area is 136 Å². The van der Waals surface area contributed by atoms with Crippen LogP contribution in [0.5, 0.6) is 0 Å². The largest absolute Gasteiger partial charge is 0.480 e. The maximum absolute atomic E-state index is 13.8. The van der Waals surface area contributed by atoms with Crippen LogP contribution in [0.25, 0.3) is 0 Å². The molecule has 1 aromatic carbocycles. The molecule has 1 aromatic rings. The monoisotopic (exact) mass is 346 g/mol. The fourth-order valence-corrected chi connectivity index (χ4v) is 2.52. The average Bonchev–Trinajstić information content (AvgIpc) is 2.51. The second-order valence-corrected chi connectivity index (χ2v) is 5.56. The Hall–Kier alpha value is -2.13. The summed E-state index contributed by atoms with van der Waals surface area (Å²) in [5.41, 5.74) is -0.548. The number of halogens is 3. The number of nitrogens with zero attached hydrogens (tertiary/aromatic N) is 2. The minimum atomic E-state index is -1.69. The van der Waals surface area contributed by atoms with Crippen molar-refractivity contribution in [1.29, 1.82) is 0 Å². The predicted molar refractivity (Wildman–Crippen MR) is 77.1 cm³/mol. The Morgan fingerprint density at radius 1 is 1.33 bits per heavy atom. The Bertz CT molecular complexity index is 641. The highest BCUT2D eigenvalue weighted by molar-refractivity contribution is 5.94. The summed E-state index contributed by atoms with van der Waals surface area (Å²) >= 11 is 0. The van der Waals surface area contributed by atoms with E-state index >= 15 is 0 Å². The van der Waals surface area contributed by atoms with Gasteiger partial charge >= 0.3 is 5.97 Å². The van der Waals surface area contributed by atoms with Crippen molar-refractivity contribution in [3.63, 3.8) is 0 Å². The van der Waals surface area contributed by atoms with E-state index in [-0.39, 0.29) is 32.8 Å². The molecule has 1 heterocycles. The number of likely N-dealkylation sites (N-methyl/N-ethyl adjacent to an activating group) is 1. The lowest BCUT2D eigenvalue weighted by Crippen LogP contribution is -2.49. The van der Waals surface area contributed by atoms with Crippen LogP contribution in [-0.4, -0.2) is 72.7 Å². The van der Waals surface area contributed by atoms with Gasteiger partial charge in [0.05, 0.1) is 24.8 Å². The molecule has 1 amide bonds. The first-order chi connectivity index (χ1) is 11.3. The van der Waals surface area contributed by atoms with E-state index in [1.807, 2.05) is 0 Å². The maximum Gasteiger partial charge on any atom is 0.317 e. The standard InChI is InChI=1S/C15H17F3N2O4/c1-19(8-12(21)22)6-9-7-20(4-5-24-9)15(23)10-2-3-11(16)14(18)13(10)17/h2-3,9H,4-8H2,1H3,(H,21,22). The van der Waals surface area contributed by atoms with Gasteiger partial charge < -0.3 is 14.7 Å². The second kappa shape index (κ2) is 7.63. The van der Waals surface area contributed by atoms with Gasteiger partial charge in [0.15, 0.2) is 17.5 Å². The molecule has 9 heteroatoms. The molecule has 0 aromatic heterocycles. The minimum absolute atomic E-state index is 0.0984. The van der Waals surface area contributed by atoms with E-state index in [1.165, 1.54) is 9.80 Å². The van der Waals surface area contributed by atoms with Crippen molar-refractivity contribution >= 4 is 11.9 Å². The molecule has 1 atom stereocenters. The molecule has 0 bridgehead atoms. The third kappa shape index (κ3) is 4.24. The second-order valence-electron chi connectivity index (χ2n) is 5.56. The Morgan fingerprint density at radius 2 is 2.04 bits per heavy atom. The Balaban J connectivity index is 2.05. The molecule has 0 saturated carbocycles. The van der Waals surface area contributed by atoms with E-state index in [4.69, 9.17) is 9.84 Å². The highest BCUT2D eigenvalue weighted by Gasteiger charge is 2.29. The number of morpholine rings is 1. The first-order valence-corrected chi connectivity index (χ1v) is 7.24. The molecular formula is C15H17F3N2O4. The lowest BCUT2D eigenvalue weighted by molar-refractivity contribution is -0.138. The van der Waals surface area contributed by atoms with E-state index in [2.05, 4.69) is 0 Å². The smallest absolute Gasteiger partial charge is 0.317 e. The van der Waals surface area contributed by atoms with Gasteiger partial charge in [-0.05, 0) is 19.2 Å². The molecule has 6 nitrogen and oxygen atoms in total. The van der Waals surface area contributed by atoms with Crippen molar-refractivity contribution in [2.24, 2.45) is 0 Å². The highest BCUT2D eigenvalue weighted by atomic mass is 19.2. The lowest BCUT2D eigenvalue weighted by Gasteiger charge is -2.34. The van der Waals surface area contributed by atoms with E-state index < -0.39 is 41.0 Å². The van der Waals surface area contributed by atoms with E-state index in [1.54, 1.807) is 7.05 Å². The average molecular weight is 346 g/mol. The van der Waals surface area contributed by atoms with Crippen molar-refractivity contribution in [3.05, 3.63) is 35.1 Å². The number of rotatable bonds is 5. The van der Waals surface area contributed by atoms with Crippen molar-refractivity contribution in [2.75, 3.05) is 39.8 Å². The number of aliphatic carboxylic acids is 1. The minimum Gasteiger partial charge on any atom is -0.480 e. The van der Waals surface area contributed by atoms with Crippen LogP contribution in [0.1, 0.15) is 10.4 Å². The van der Waals surface area contributed by atoms with E-state index in [0.717, 1.165) is 6.07 Å². The lowest BCUT2D eigenvalue weighted by atomic mass is 10.1. The molecule has 132 valence electrons. The van der Waals surface area contributed by atoms with Gasteiger partial charge in [-0.15, -0.1) is 0 Å². The number of benzene rings is 1. The number of carboxylic acid groups (broad SMARTS) is 1. The third-order valence-corrected chi connectivity index (χ3v) is 3.61. The number of carbonyl (C=O) groups excluding carboxylic acids is 1. The van der Waals surface area contributed by atoms with Gasteiger partial charge in [0.1, 0.15) is 0 Å². The summed E-state index contributed by atoms with van der Waals surface area (Å²) in [7, 11) is 1.59. The van der Waals surface area contributed by atoms with Crippen LogP contribution in [0.4, 0.5) is 13.2 Å². The summed E-state index contributed by atoms with van der Waals surface area (Å²) in [6.07, 6.45) is -0.458. The molecule has 1 aliphatic rings. The molecular weight excluding hydrogens is 329 g/mol. The fraction of sp³-hybridized carbons (Fsp3) is 0.467. The van der Waals surface area contributed by atoms with E-state index in [9.17, 15) is 22.8 Å². The van der Waals surface area contributed by atoms with Crippen molar-refractivity contribution in [1.82, 2.24) is 9.80 Å². The van der Waals surface area contributed by atoms with Crippen molar-refractivity contribution in [2.45, 2.75) is 6.10 Å². The molecule has 24 heavy (non-hydrogen) atoms. The zero-order valence-electron chi connectivity index (χ0n) is 13.0. The molecule has 0 spiro atoms. The summed E-state index contributed by atoms with van der Waals surface area (Å²) in [5, 5.41) is 8.73. The van der Waals surface area contributed by atoms with Crippen LogP contribution in [0.3, 0.4) is 0 Å². The third-order valence-electron chi connectivity index (χ3n) is 3.61. The van der Waals surface area contributed by atoms with Crippen LogP contribution in [0.2, 0.25) is 0 Å². The van der Waals surface area contributed by atoms with Crippen LogP contribution in [0, 0.1) is 17.5 Å².